The van der Waals surface area contributed by atoms with E-state index in [0.29, 0.717) is 33.2 Å². The molecule has 3 aromatic rings. The first-order chi connectivity index (χ1) is 13.9. The van der Waals surface area contributed by atoms with E-state index in [1.165, 1.54) is 11.8 Å². The van der Waals surface area contributed by atoms with Crippen molar-refractivity contribution in [3.8, 4) is 11.5 Å². The number of ether oxygens (including phenoxy) is 2. The van der Waals surface area contributed by atoms with Gasteiger partial charge in [0.15, 0.2) is 16.7 Å². The summed E-state index contributed by atoms with van der Waals surface area (Å²) in [4.78, 5) is 30.3. The summed E-state index contributed by atoms with van der Waals surface area (Å²) < 4.78 is 12.3. The second-order valence-electron chi connectivity index (χ2n) is 7.00. The molecule has 1 atom stereocenters. The Bertz CT molecular complexity index is 1140. The van der Waals surface area contributed by atoms with Crippen LogP contribution in [0.5, 0.6) is 11.5 Å². The van der Waals surface area contributed by atoms with Gasteiger partial charge in [-0.2, -0.15) is 0 Å². The summed E-state index contributed by atoms with van der Waals surface area (Å²) in [6.07, 6.45) is 0. The van der Waals surface area contributed by atoms with E-state index < -0.39 is 5.25 Å². The Labute approximate surface area is 172 Å². The number of hydrogen-bond acceptors (Lipinski definition) is 6. The number of amides is 1. The first-order valence-corrected chi connectivity index (χ1v) is 10.2. The minimum Gasteiger partial charge on any atom is -0.454 e. The van der Waals surface area contributed by atoms with Crippen LogP contribution in [0.2, 0.25) is 0 Å². The molecule has 8 heteroatoms. The molecule has 0 bridgehead atoms. The standard InChI is InChI=1S/C21H21N3O4S/c1-12(2)24-20(26)15-6-4-5-7-16(15)23-21(24)29-13(3)19(25)22-14-8-9-17-18(10-14)28-11-27-17/h4-10,12-13H,11H2,1-3H3,(H,22,25)/t13-/m0/s1. The zero-order valence-electron chi connectivity index (χ0n) is 16.3. The highest BCUT2D eigenvalue weighted by Gasteiger charge is 2.21. The number of carbonyl (C=O) groups excluding carboxylic acids is 1. The van der Waals surface area contributed by atoms with Gasteiger partial charge in [-0.1, -0.05) is 23.9 Å². The van der Waals surface area contributed by atoms with Gasteiger partial charge in [0, 0.05) is 17.8 Å². The van der Waals surface area contributed by atoms with Gasteiger partial charge in [0.05, 0.1) is 16.2 Å². The number of para-hydroxylation sites is 1. The van der Waals surface area contributed by atoms with Crippen molar-refractivity contribution in [3.05, 3.63) is 52.8 Å². The van der Waals surface area contributed by atoms with Crippen molar-refractivity contribution in [2.75, 3.05) is 12.1 Å². The third-order valence-electron chi connectivity index (χ3n) is 4.58. The van der Waals surface area contributed by atoms with Crippen LogP contribution in [0, 0.1) is 0 Å². The molecule has 2 aromatic carbocycles. The number of thioether (sulfide) groups is 1. The van der Waals surface area contributed by atoms with Crippen LogP contribution in [0.1, 0.15) is 26.8 Å². The Morgan fingerprint density at radius 3 is 2.69 bits per heavy atom. The fourth-order valence-corrected chi connectivity index (χ4v) is 4.13. The normalized spacial score (nSPS) is 13.7. The van der Waals surface area contributed by atoms with Gasteiger partial charge in [0.25, 0.3) is 5.56 Å². The second-order valence-corrected chi connectivity index (χ2v) is 8.31. The van der Waals surface area contributed by atoms with Crippen LogP contribution in [-0.4, -0.2) is 27.5 Å². The molecule has 1 aromatic heterocycles. The van der Waals surface area contributed by atoms with Crippen LogP contribution < -0.4 is 20.3 Å². The number of benzene rings is 2. The average molecular weight is 411 g/mol. The van der Waals surface area contributed by atoms with Crippen LogP contribution in [-0.2, 0) is 4.79 Å². The maximum absolute atomic E-state index is 12.9. The Kier molecular flexibility index (Phi) is 5.19. The first kappa shape index (κ1) is 19.3. The summed E-state index contributed by atoms with van der Waals surface area (Å²) in [6.45, 7) is 5.83. The van der Waals surface area contributed by atoms with Crippen molar-refractivity contribution >= 4 is 34.3 Å². The van der Waals surface area contributed by atoms with Gasteiger partial charge < -0.3 is 14.8 Å². The Balaban J connectivity index is 1.58. The third kappa shape index (κ3) is 3.80. The van der Waals surface area contributed by atoms with Crippen LogP contribution in [0.15, 0.2) is 52.4 Å². The lowest BCUT2D eigenvalue weighted by Gasteiger charge is -2.18. The van der Waals surface area contributed by atoms with Gasteiger partial charge in [-0.3, -0.25) is 14.2 Å². The highest BCUT2D eigenvalue weighted by atomic mass is 32.2. The molecule has 0 unspecified atom stereocenters. The van der Waals surface area contributed by atoms with Crippen molar-refractivity contribution < 1.29 is 14.3 Å². The fourth-order valence-electron chi connectivity index (χ4n) is 3.09. The van der Waals surface area contributed by atoms with E-state index in [0.717, 1.165) is 0 Å². The monoisotopic (exact) mass is 411 g/mol. The molecule has 1 amide bonds. The molecule has 4 rings (SSSR count). The zero-order chi connectivity index (χ0) is 20.5. The first-order valence-electron chi connectivity index (χ1n) is 9.32. The molecule has 0 saturated carbocycles. The molecule has 1 aliphatic rings. The van der Waals surface area contributed by atoms with Gasteiger partial charge in [0.2, 0.25) is 12.7 Å². The van der Waals surface area contributed by atoms with E-state index in [2.05, 4.69) is 10.3 Å². The summed E-state index contributed by atoms with van der Waals surface area (Å²) in [5.41, 5.74) is 1.15. The smallest absolute Gasteiger partial charge is 0.262 e. The molecule has 7 nitrogen and oxygen atoms in total. The molecular formula is C21H21N3O4S. The van der Waals surface area contributed by atoms with Gasteiger partial charge in [-0.15, -0.1) is 0 Å². The van der Waals surface area contributed by atoms with Crippen molar-refractivity contribution in [2.24, 2.45) is 0 Å². The second kappa shape index (κ2) is 7.79. The molecular weight excluding hydrogens is 390 g/mol. The lowest BCUT2D eigenvalue weighted by Crippen LogP contribution is -2.28. The maximum atomic E-state index is 12.9. The van der Waals surface area contributed by atoms with E-state index in [-0.39, 0.29) is 24.3 Å². The number of fused-ring (bicyclic) bond motifs is 2. The zero-order valence-corrected chi connectivity index (χ0v) is 17.2. The fraction of sp³-hybridized carbons (Fsp3) is 0.286. The minimum atomic E-state index is -0.460. The van der Waals surface area contributed by atoms with Crippen molar-refractivity contribution in [2.45, 2.75) is 37.2 Å². The largest absolute Gasteiger partial charge is 0.454 e. The van der Waals surface area contributed by atoms with Gasteiger partial charge in [0.1, 0.15) is 0 Å². The third-order valence-corrected chi connectivity index (χ3v) is 5.65. The minimum absolute atomic E-state index is 0.0776. The van der Waals surface area contributed by atoms with Crippen LogP contribution in [0.3, 0.4) is 0 Å². The molecule has 150 valence electrons. The predicted molar refractivity (Wildman–Crippen MR) is 113 cm³/mol. The highest BCUT2D eigenvalue weighted by Crippen LogP contribution is 2.34. The molecule has 0 radical (unpaired) electrons. The molecule has 0 fully saturated rings. The number of aromatic nitrogens is 2. The average Bonchev–Trinajstić information content (AvgIpc) is 3.15. The molecule has 2 heterocycles. The van der Waals surface area contributed by atoms with Gasteiger partial charge in [-0.25, -0.2) is 4.98 Å². The number of carbonyl (C=O) groups is 1. The number of hydrogen-bond donors (Lipinski definition) is 1. The SMILES string of the molecule is CC(C)n1c(S[C@@H](C)C(=O)Nc2ccc3c(c2)OCO3)nc2ccccc2c1=O. The molecule has 0 spiro atoms. The lowest BCUT2D eigenvalue weighted by atomic mass is 10.2. The summed E-state index contributed by atoms with van der Waals surface area (Å²) in [5, 5.41) is 3.52. The maximum Gasteiger partial charge on any atom is 0.262 e. The molecule has 0 aliphatic carbocycles. The Morgan fingerprint density at radius 1 is 1.14 bits per heavy atom. The molecule has 29 heavy (non-hydrogen) atoms. The van der Waals surface area contributed by atoms with Crippen LogP contribution in [0.4, 0.5) is 5.69 Å². The predicted octanol–water partition coefficient (Wildman–Crippen LogP) is 3.83. The van der Waals surface area contributed by atoms with E-state index in [1.807, 2.05) is 32.0 Å². The van der Waals surface area contributed by atoms with Crippen molar-refractivity contribution in [1.82, 2.24) is 9.55 Å². The Hall–Kier alpha value is -3.00. The van der Waals surface area contributed by atoms with Gasteiger partial charge in [-0.05, 0) is 45.0 Å². The highest BCUT2D eigenvalue weighted by molar-refractivity contribution is 8.00. The van der Waals surface area contributed by atoms with E-state index in [1.54, 1.807) is 35.8 Å². The van der Waals surface area contributed by atoms with Crippen LogP contribution in [0.25, 0.3) is 10.9 Å². The lowest BCUT2D eigenvalue weighted by molar-refractivity contribution is -0.115. The number of nitrogens with one attached hydrogen (secondary N) is 1. The van der Waals surface area contributed by atoms with E-state index >= 15 is 0 Å². The number of nitrogens with zero attached hydrogens (tertiary/aromatic N) is 2. The topological polar surface area (TPSA) is 82.5 Å². The summed E-state index contributed by atoms with van der Waals surface area (Å²) in [7, 11) is 0. The van der Waals surface area contributed by atoms with E-state index in [9.17, 15) is 9.59 Å². The summed E-state index contributed by atoms with van der Waals surface area (Å²) >= 11 is 1.26. The molecule has 1 N–H and O–H groups in total. The summed E-state index contributed by atoms with van der Waals surface area (Å²) in [5.74, 6) is 1.08. The van der Waals surface area contributed by atoms with Crippen molar-refractivity contribution in [3.63, 3.8) is 0 Å². The molecule has 1 aliphatic heterocycles. The number of rotatable bonds is 5. The number of anilines is 1. The van der Waals surface area contributed by atoms with Gasteiger partial charge >= 0.3 is 0 Å². The quantitative estimate of drug-likeness (QED) is 0.508. The van der Waals surface area contributed by atoms with E-state index in [4.69, 9.17) is 9.47 Å². The summed E-state index contributed by atoms with van der Waals surface area (Å²) in [6, 6.07) is 12.4. The molecule has 0 saturated heterocycles. The van der Waals surface area contributed by atoms with Crippen molar-refractivity contribution in [1.29, 1.82) is 0 Å². The van der Waals surface area contributed by atoms with Crippen LogP contribution >= 0.6 is 11.8 Å². The Morgan fingerprint density at radius 2 is 1.90 bits per heavy atom.